The highest BCUT2D eigenvalue weighted by Crippen LogP contribution is 2.40. The van der Waals surface area contributed by atoms with Gasteiger partial charge in [-0.05, 0) is 6.07 Å². The van der Waals surface area contributed by atoms with Crippen LogP contribution in [0.2, 0.25) is 0 Å². The monoisotopic (exact) mass is 413 g/mol. The first-order valence-corrected chi connectivity index (χ1v) is 8.42. The second-order valence-corrected chi connectivity index (χ2v) is 5.88. The van der Waals surface area contributed by atoms with E-state index in [1.54, 1.807) is 6.20 Å². The first-order chi connectivity index (χ1) is 14.4. The molecule has 3 rings (SSSR count). The molecule has 12 nitrogen and oxygen atoms in total. The van der Waals surface area contributed by atoms with Gasteiger partial charge in [-0.1, -0.05) is 18.2 Å². The highest BCUT2D eigenvalue weighted by atomic mass is 16.6. The van der Waals surface area contributed by atoms with Gasteiger partial charge in [-0.3, -0.25) is 25.0 Å². The van der Waals surface area contributed by atoms with Crippen molar-refractivity contribution in [3.8, 4) is 11.5 Å². The van der Waals surface area contributed by atoms with Gasteiger partial charge in [0.05, 0.1) is 35.3 Å². The van der Waals surface area contributed by atoms with Crippen LogP contribution in [0.5, 0.6) is 11.5 Å². The summed E-state index contributed by atoms with van der Waals surface area (Å²) in [5.41, 5.74) is 2.66. The molecule has 1 aromatic heterocycles. The Morgan fingerprint density at radius 2 is 2.00 bits per heavy atom. The van der Waals surface area contributed by atoms with Crippen molar-refractivity contribution < 1.29 is 24.1 Å². The van der Waals surface area contributed by atoms with E-state index in [4.69, 9.17) is 9.47 Å². The molecule has 0 aliphatic rings. The number of H-pyrrole nitrogens is 1. The Bertz CT molecular complexity index is 1160. The molecule has 0 spiro atoms. The number of benzene rings is 2. The number of carbonyl (C=O) groups is 1. The van der Waals surface area contributed by atoms with Gasteiger partial charge in [-0.25, -0.2) is 5.43 Å². The van der Waals surface area contributed by atoms with Crippen LogP contribution in [-0.4, -0.2) is 40.7 Å². The van der Waals surface area contributed by atoms with E-state index in [9.17, 15) is 25.0 Å². The summed E-state index contributed by atoms with van der Waals surface area (Å²) in [7, 11) is 1.17. The maximum atomic E-state index is 12.0. The molecule has 2 N–H and O–H groups in total. The highest BCUT2D eigenvalue weighted by molar-refractivity contribution is 5.99. The van der Waals surface area contributed by atoms with Crippen LogP contribution < -0.4 is 14.9 Å². The number of carbonyl (C=O) groups excluding carboxylic acids is 1. The molecule has 0 fully saturated rings. The Labute approximate surface area is 168 Å². The molecule has 30 heavy (non-hydrogen) atoms. The molecule has 0 aliphatic heterocycles. The first-order valence-electron chi connectivity index (χ1n) is 8.42. The number of hydrogen-bond acceptors (Lipinski definition) is 8. The Balaban J connectivity index is 1.69. The molecular formula is C18H15N5O7. The molecule has 12 heteroatoms. The number of amides is 1. The van der Waals surface area contributed by atoms with E-state index in [-0.39, 0.29) is 5.75 Å². The number of nitro groups is 2. The molecule has 0 unspecified atom stereocenters. The summed E-state index contributed by atoms with van der Waals surface area (Å²) in [6.45, 7) is -0.625. The average Bonchev–Trinajstić information content (AvgIpc) is 3.14. The number of hydrogen-bond donors (Lipinski definition) is 2. The number of rotatable bonds is 8. The Hall–Kier alpha value is -4.48. The van der Waals surface area contributed by atoms with Crippen LogP contribution in [0, 0.1) is 20.2 Å². The minimum atomic E-state index is -0.863. The number of aromatic amines is 1. The predicted molar refractivity (Wildman–Crippen MR) is 106 cm³/mol. The van der Waals surface area contributed by atoms with Gasteiger partial charge in [0.25, 0.3) is 11.6 Å². The van der Waals surface area contributed by atoms with Gasteiger partial charge >= 0.3 is 5.69 Å². The van der Waals surface area contributed by atoms with E-state index in [0.717, 1.165) is 28.6 Å². The summed E-state index contributed by atoms with van der Waals surface area (Å²) in [5.74, 6) is -1.34. The van der Waals surface area contributed by atoms with Gasteiger partial charge in [0, 0.05) is 22.7 Å². The SMILES string of the molecule is COc1cc([N+](=O)[O-])cc([N+](=O)[O-])c1OCC(=O)N/N=C\c1c[nH]c2ccccc12. The number of aromatic nitrogens is 1. The van der Waals surface area contributed by atoms with Crippen LogP contribution in [0.15, 0.2) is 47.7 Å². The largest absolute Gasteiger partial charge is 0.492 e. The third-order valence-electron chi connectivity index (χ3n) is 4.01. The van der Waals surface area contributed by atoms with Crippen molar-refractivity contribution >= 4 is 34.4 Å². The molecule has 0 atom stereocenters. The van der Waals surface area contributed by atoms with Crippen molar-refractivity contribution in [2.45, 2.75) is 0 Å². The number of fused-ring (bicyclic) bond motifs is 1. The zero-order valence-electron chi connectivity index (χ0n) is 15.5. The lowest BCUT2D eigenvalue weighted by Crippen LogP contribution is -2.25. The van der Waals surface area contributed by atoms with Gasteiger partial charge in [0.1, 0.15) is 0 Å². The van der Waals surface area contributed by atoms with Crippen molar-refractivity contribution in [1.29, 1.82) is 0 Å². The number of ether oxygens (including phenoxy) is 2. The fourth-order valence-corrected chi connectivity index (χ4v) is 2.66. The maximum Gasteiger partial charge on any atom is 0.321 e. The lowest BCUT2D eigenvalue weighted by atomic mass is 10.2. The normalized spacial score (nSPS) is 10.8. The van der Waals surface area contributed by atoms with Gasteiger partial charge in [-0.2, -0.15) is 5.10 Å². The van der Waals surface area contributed by atoms with E-state index in [2.05, 4.69) is 15.5 Å². The van der Waals surface area contributed by atoms with Crippen molar-refractivity contribution in [2.75, 3.05) is 13.7 Å². The summed E-state index contributed by atoms with van der Waals surface area (Å²) < 4.78 is 10.1. The van der Waals surface area contributed by atoms with Crippen LogP contribution in [0.4, 0.5) is 11.4 Å². The minimum absolute atomic E-state index is 0.244. The second-order valence-electron chi connectivity index (χ2n) is 5.88. The standard InChI is InChI=1S/C18H15N5O7/c1-29-16-7-12(22(25)26)6-15(23(27)28)18(16)30-10-17(24)21-20-9-11-8-19-14-5-3-2-4-13(11)14/h2-9,19H,10H2,1H3,(H,21,24)/b20-9-. The van der Waals surface area contributed by atoms with Gasteiger partial charge in [0.15, 0.2) is 12.4 Å². The third-order valence-corrected chi connectivity index (χ3v) is 4.01. The quantitative estimate of drug-likeness (QED) is 0.325. The smallest absolute Gasteiger partial charge is 0.321 e. The number of nitro benzene ring substituents is 2. The summed E-state index contributed by atoms with van der Waals surface area (Å²) in [6.07, 6.45) is 3.16. The topological polar surface area (TPSA) is 162 Å². The van der Waals surface area contributed by atoms with Gasteiger partial charge in [-0.15, -0.1) is 0 Å². The molecule has 0 saturated heterocycles. The van der Waals surface area contributed by atoms with Crippen LogP contribution in [-0.2, 0) is 4.79 Å². The van der Waals surface area contributed by atoms with E-state index in [1.165, 1.54) is 13.3 Å². The van der Waals surface area contributed by atoms with Crippen LogP contribution >= 0.6 is 0 Å². The lowest BCUT2D eigenvalue weighted by Gasteiger charge is -2.10. The van der Waals surface area contributed by atoms with Crippen molar-refractivity contribution in [1.82, 2.24) is 10.4 Å². The number of hydrazone groups is 1. The minimum Gasteiger partial charge on any atom is -0.492 e. The number of nitrogens with one attached hydrogen (secondary N) is 2. The van der Waals surface area contributed by atoms with E-state index < -0.39 is 39.5 Å². The fraction of sp³-hybridized carbons (Fsp3) is 0.111. The van der Waals surface area contributed by atoms with Crippen LogP contribution in [0.25, 0.3) is 10.9 Å². The van der Waals surface area contributed by atoms with E-state index >= 15 is 0 Å². The molecule has 154 valence electrons. The van der Waals surface area contributed by atoms with Crippen molar-refractivity contribution in [3.05, 3.63) is 68.4 Å². The first kappa shape index (κ1) is 20.3. The number of non-ortho nitro benzene ring substituents is 1. The summed E-state index contributed by atoms with van der Waals surface area (Å²) >= 11 is 0. The second kappa shape index (κ2) is 8.68. The lowest BCUT2D eigenvalue weighted by molar-refractivity contribution is -0.394. The molecule has 2 aromatic carbocycles. The fourth-order valence-electron chi connectivity index (χ4n) is 2.66. The van der Waals surface area contributed by atoms with Crippen LogP contribution in [0.3, 0.4) is 0 Å². The molecule has 1 amide bonds. The zero-order chi connectivity index (χ0) is 21.7. The molecule has 0 bridgehead atoms. The molecular weight excluding hydrogens is 398 g/mol. The van der Waals surface area contributed by atoms with Gasteiger partial charge in [0.2, 0.25) is 5.75 Å². The third kappa shape index (κ3) is 4.32. The number of nitrogens with zero attached hydrogens (tertiary/aromatic N) is 3. The molecule has 0 radical (unpaired) electrons. The molecule has 0 aliphatic carbocycles. The van der Waals surface area contributed by atoms with E-state index in [0.29, 0.717) is 0 Å². The molecule has 3 aromatic rings. The Morgan fingerprint density at radius 1 is 1.23 bits per heavy atom. The summed E-state index contributed by atoms with van der Waals surface area (Å²) in [5, 5.41) is 26.9. The number of methoxy groups -OCH3 is 1. The molecule has 1 heterocycles. The maximum absolute atomic E-state index is 12.0. The average molecular weight is 413 g/mol. The van der Waals surface area contributed by atoms with Gasteiger partial charge < -0.3 is 14.5 Å². The zero-order valence-corrected chi connectivity index (χ0v) is 15.5. The van der Waals surface area contributed by atoms with Crippen molar-refractivity contribution in [3.63, 3.8) is 0 Å². The van der Waals surface area contributed by atoms with E-state index in [1.807, 2.05) is 24.3 Å². The Morgan fingerprint density at radius 3 is 2.70 bits per heavy atom. The Kier molecular flexibility index (Phi) is 5.86. The predicted octanol–water partition coefficient (Wildman–Crippen LogP) is 2.52. The van der Waals surface area contributed by atoms with Crippen LogP contribution in [0.1, 0.15) is 5.56 Å². The molecule has 0 saturated carbocycles. The summed E-state index contributed by atoms with van der Waals surface area (Å²) in [6, 6.07) is 9.22. The highest BCUT2D eigenvalue weighted by Gasteiger charge is 2.27. The summed E-state index contributed by atoms with van der Waals surface area (Å²) in [4.78, 5) is 35.5. The number of para-hydroxylation sites is 1. The van der Waals surface area contributed by atoms with Crippen molar-refractivity contribution in [2.24, 2.45) is 5.10 Å².